The summed E-state index contributed by atoms with van der Waals surface area (Å²) in [6.07, 6.45) is 66.8. The fraction of sp³-hybridized carbons (Fsp3) is 0.857. The Balaban J connectivity index is 1.92. The molecule has 1 heterocycles. The van der Waals surface area contributed by atoms with Crippen LogP contribution in [0.1, 0.15) is 322 Å². The molecule has 1 rings (SSSR count). The van der Waals surface area contributed by atoms with Crippen molar-refractivity contribution in [3.63, 3.8) is 0 Å². The number of carbonyl (C=O) groups is 2. The third kappa shape index (κ3) is 48.5. The monoisotopic (exact) mass is 1140 g/mol. The average Bonchev–Trinajstić information content (AvgIpc) is 3.47. The lowest BCUT2D eigenvalue weighted by molar-refractivity contribution is -0.302. The van der Waals surface area contributed by atoms with E-state index in [2.05, 4.69) is 55.6 Å². The van der Waals surface area contributed by atoms with Gasteiger partial charge in [-0.1, -0.05) is 274 Å². The van der Waals surface area contributed by atoms with Gasteiger partial charge in [-0.3, -0.25) is 9.59 Å². The van der Waals surface area contributed by atoms with Crippen molar-refractivity contribution in [2.75, 3.05) is 19.8 Å². The summed E-state index contributed by atoms with van der Waals surface area (Å²) in [5.74, 6) is -0.188. The predicted molar refractivity (Wildman–Crippen MR) is 338 cm³/mol. The van der Waals surface area contributed by atoms with Crippen LogP contribution in [0.25, 0.3) is 0 Å². The summed E-state index contributed by atoms with van der Waals surface area (Å²) in [5, 5.41) is 54.3. The lowest BCUT2D eigenvalue weighted by Gasteiger charge is -2.40. The van der Waals surface area contributed by atoms with Crippen LogP contribution >= 0.6 is 0 Å². The van der Waals surface area contributed by atoms with E-state index in [1.165, 1.54) is 231 Å². The highest BCUT2D eigenvalue weighted by molar-refractivity contribution is 5.76. The number of rotatable bonds is 60. The minimum Gasteiger partial charge on any atom is -0.466 e. The molecule has 0 radical (unpaired) electrons. The first-order chi connectivity index (χ1) is 39.7. The number of amides is 1. The number of nitrogens with one attached hydrogen (secondary N) is 1. The summed E-state index contributed by atoms with van der Waals surface area (Å²) >= 11 is 0. The van der Waals surface area contributed by atoms with E-state index in [1.807, 2.05) is 6.08 Å². The van der Waals surface area contributed by atoms with E-state index in [4.69, 9.17) is 14.2 Å². The van der Waals surface area contributed by atoms with Gasteiger partial charge in [0.15, 0.2) is 6.29 Å². The lowest BCUT2D eigenvalue weighted by atomic mass is 9.99. The first-order valence-corrected chi connectivity index (χ1v) is 34.4. The SMILES string of the molecule is CCCC/C=C\C/C=C\CCCCCCCC(=O)OCCCCCCCCCCCCCC/C=C\CCCCCCCCCCCCCCCCC(=O)NC(COC1OC(CO)C(O)C(O)C1O)C(O)/C=C/CCCCCCCCC. The maximum absolute atomic E-state index is 13.0. The second kappa shape index (κ2) is 59.4. The molecule has 7 unspecified atom stereocenters. The van der Waals surface area contributed by atoms with Gasteiger partial charge in [0, 0.05) is 12.8 Å². The molecule has 1 amide bonds. The summed E-state index contributed by atoms with van der Waals surface area (Å²) in [4.78, 5) is 25.1. The number of unbranched alkanes of at least 4 members (excludes halogenated alkanes) is 40. The van der Waals surface area contributed by atoms with Gasteiger partial charge in [0.2, 0.25) is 5.91 Å². The molecule has 0 saturated carbocycles. The van der Waals surface area contributed by atoms with Crippen LogP contribution < -0.4 is 5.32 Å². The van der Waals surface area contributed by atoms with E-state index in [0.29, 0.717) is 19.4 Å². The van der Waals surface area contributed by atoms with Gasteiger partial charge in [-0.15, -0.1) is 0 Å². The molecule has 0 aromatic rings. The number of esters is 1. The van der Waals surface area contributed by atoms with Crippen molar-refractivity contribution in [1.82, 2.24) is 5.32 Å². The van der Waals surface area contributed by atoms with Crippen molar-refractivity contribution in [1.29, 1.82) is 0 Å². The van der Waals surface area contributed by atoms with Crippen molar-refractivity contribution >= 4 is 11.9 Å². The molecule has 0 aliphatic carbocycles. The standard InChI is InChI=1S/C70H129NO10/c1-3-5-7-9-11-13-14-15-35-38-42-46-50-54-58-66(75)79-59-55-51-47-43-39-36-33-31-29-27-25-23-21-19-17-16-18-20-22-24-26-28-30-32-34-37-41-45-49-53-57-65(74)71-62(63(73)56-52-48-44-40-12-10-8-6-4-2)61-80-70-69(78)68(77)67(76)64(60-72)81-70/h9,11,14-15,17,19,52,56,62-64,67-70,72-73,76-78H,3-8,10,12-13,16,18,20-51,53-55,57-61H2,1-2H3,(H,71,74)/b11-9-,15-14-,19-17-,56-52+. The number of carbonyl (C=O) groups excluding carboxylic acids is 2. The van der Waals surface area contributed by atoms with E-state index < -0.39 is 49.5 Å². The topological polar surface area (TPSA) is 175 Å². The highest BCUT2D eigenvalue weighted by Gasteiger charge is 2.44. The molecule has 1 aliphatic heterocycles. The van der Waals surface area contributed by atoms with Crippen molar-refractivity contribution in [3.8, 4) is 0 Å². The fourth-order valence-electron chi connectivity index (χ4n) is 10.7. The van der Waals surface area contributed by atoms with E-state index >= 15 is 0 Å². The van der Waals surface area contributed by atoms with Crippen LogP contribution in [0.3, 0.4) is 0 Å². The molecule has 0 spiro atoms. The van der Waals surface area contributed by atoms with Gasteiger partial charge in [-0.25, -0.2) is 0 Å². The maximum atomic E-state index is 13.0. The van der Waals surface area contributed by atoms with Crippen molar-refractivity contribution in [2.24, 2.45) is 0 Å². The van der Waals surface area contributed by atoms with E-state index in [0.717, 1.165) is 64.2 Å². The summed E-state index contributed by atoms with van der Waals surface area (Å²) in [7, 11) is 0. The molecule has 0 aromatic carbocycles. The number of ether oxygens (including phenoxy) is 3. The second-order valence-corrected chi connectivity index (χ2v) is 23.9. The third-order valence-electron chi connectivity index (χ3n) is 16.2. The van der Waals surface area contributed by atoms with Crippen molar-refractivity contribution < 1.29 is 49.3 Å². The molecule has 1 saturated heterocycles. The number of hydrogen-bond donors (Lipinski definition) is 6. The minimum atomic E-state index is -1.57. The quantitative estimate of drug-likeness (QED) is 0.0195. The summed E-state index contributed by atoms with van der Waals surface area (Å²) in [6.45, 7) is 4.29. The molecular weight excluding hydrogens is 1010 g/mol. The molecule has 11 nitrogen and oxygen atoms in total. The van der Waals surface area contributed by atoms with Gasteiger partial charge in [0.05, 0.1) is 32.0 Å². The molecule has 0 aromatic heterocycles. The van der Waals surface area contributed by atoms with Crippen LogP contribution in [0.2, 0.25) is 0 Å². The van der Waals surface area contributed by atoms with Crippen LogP contribution in [0, 0.1) is 0 Å². The molecule has 7 atom stereocenters. The van der Waals surface area contributed by atoms with Crippen LogP contribution in [-0.2, 0) is 23.8 Å². The van der Waals surface area contributed by atoms with E-state index in [9.17, 15) is 35.1 Å². The summed E-state index contributed by atoms with van der Waals surface area (Å²) in [6, 6.07) is -0.808. The Kier molecular flexibility index (Phi) is 56.2. The fourth-order valence-corrected chi connectivity index (χ4v) is 10.7. The lowest BCUT2D eigenvalue weighted by Crippen LogP contribution is -2.60. The van der Waals surface area contributed by atoms with Gasteiger partial charge in [-0.2, -0.15) is 0 Å². The van der Waals surface area contributed by atoms with Gasteiger partial charge >= 0.3 is 5.97 Å². The van der Waals surface area contributed by atoms with Gasteiger partial charge < -0.3 is 45.1 Å². The molecule has 6 N–H and O–H groups in total. The molecule has 1 aliphatic rings. The Morgan fingerprint density at radius 3 is 1.30 bits per heavy atom. The van der Waals surface area contributed by atoms with E-state index in [1.54, 1.807) is 6.08 Å². The average molecular weight is 1140 g/mol. The third-order valence-corrected chi connectivity index (χ3v) is 16.2. The highest BCUT2D eigenvalue weighted by Crippen LogP contribution is 2.23. The molecule has 474 valence electrons. The molecule has 81 heavy (non-hydrogen) atoms. The Hall–Kier alpha value is -2.38. The normalized spacial score (nSPS) is 18.5. The molecule has 11 heteroatoms. The predicted octanol–water partition coefficient (Wildman–Crippen LogP) is 17.2. The Bertz CT molecular complexity index is 1480. The van der Waals surface area contributed by atoms with Crippen LogP contribution in [-0.4, -0.2) is 100 Å². The zero-order valence-electron chi connectivity index (χ0n) is 52.5. The zero-order valence-corrected chi connectivity index (χ0v) is 52.5. The maximum Gasteiger partial charge on any atom is 0.305 e. The van der Waals surface area contributed by atoms with E-state index in [-0.39, 0.29) is 18.5 Å². The zero-order chi connectivity index (χ0) is 58.7. The molecular formula is C70H129NO10. The van der Waals surface area contributed by atoms with Crippen LogP contribution in [0.5, 0.6) is 0 Å². The Morgan fingerprint density at radius 1 is 0.457 bits per heavy atom. The highest BCUT2D eigenvalue weighted by atomic mass is 16.7. The second-order valence-electron chi connectivity index (χ2n) is 23.9. The largest absolute Gasteiger partial charge is 0.466 e. The van der Waals surface area contributed by atoms with Gasteiger partial charge in [0.25, 0.3) is 0 Å². The van der Waals surface area contributed by atoms with Crippen LogP contribution in [0.4, 0.5) is 0 Å². The first-order valence-electron chi connectivity index (χ1n) is 34.4. The Labute approximate surface area is 497 Å². The number of aliphatic hydroxyl groups is 5. The van der Waals surface area contributed by atoms with Gasteiger partial charge in [0.1, 0.15) is 24.4 Å². The number of hydrogen-bond acceptors (Lipinski definition) is 10. The Morgan fingerprint density at radius 2 is 0.840 bits per heavy atom. The molecule has 1 fully saturated rings. The molecule has 0 bridgehead atoms. The van der Waals surface area contributed by atoms with Crippen molar-refractivity contribution in [2.45, 2.75) is 365 Å². The number of allylic oxidation sites excluding steroid dienone is 7. The van der Waals surface area contributed by atoms with Crippen molar-refractivity contribution in [3.05, 3.63) is 48.6 Å². The number of aliphatic hydroxyl groups excluding tert-OH is 5. The smallest absolute Gasteiger partial charge is 0.305 e. The summed E-state index contributed by atoms with van der Waals surface area (Å²) in [5.41, 5.74) is 0. The van der Waals surface area contributed by atoms with Crippen LogP contribution in [0.15, 0.2) is 48.6 Å². The van der Waals surface area contributed by atoms with Gasteiger partial charge in [-0.05, 0) is 83.5 Å². The minimum absolute atomic E-state index is 0.00607. The summed E-state index contributed by atoms with van der Waals surface area (Å²) < 4.78 is 16.7. The first kappa shape index (κ1) is 76.6.